The van der Waals surface area contributed by atoms with E-state index in [0.717, 1.165) is 14.8 Å². The van der Waals surface area contributed by atoms with Crippen LogP contribution >= 0.6 is 0 Å². The summed E-state index contributed by atoms with van der Waals surface area (Å²) in [6.45, 7) is 0.643. The molecule has 0 unspecified atom stereocenters. The number of pyridine rings is 1. The number of carbonyl (C=O) groups is 3. The molecule has 0 aliphatic carbocycles. The van der Waals surface area contributed by atoms with Gasteiger partial charge in [0, 0.05) is 35.8 Å². The van der Waals surface area contributed by atoms with E-state index < -0.39 is 35.0 Å². The van der Waals surface area contributed by atoms with E-state index in [1.165, 1.54) is 18.3 Å². The van der Waals surface area contributed by atoms with E-state index in [1.807, 2.05) is 0 Å². The van der Waals surface area contributed by atoms with Gasteiger partial charge in [-0.3, -0.25) is 29.1 Å². The number of nitrogen functional groups attached to an aromatic ring is 1. The van der Waals surface area contributed by atoms with Crippen molar-refractivity contribution in [2.24, 2.45) is 5.73 Å². The van der Waals surface area contributed by atoms with Crippen LogP contribution in [0.3, 0.4) is 0 Å². The minimum Gasteiger partial charge on any atom is -0.480 e. The highest BCUT2D eigenvalue weighted by atomic mass is 32.2. The Hall–Kier alpha value is -5.82. The number of carboxylic acid groups (broad SMARTS) is 1. The molecular weight excluding hydrogens is 620 g/mol. The van der Waals surface area contributed by atoms with Crippen LogP contribution in [0.4, 0.5) is 5.69 Å². The zero-order valence-corrected chi connectivity index (χ0v) is 26.2. The van der Waals surface area contributed by atoms with Crippen molar-refractivity contribution in [3.63, 3.8) is 0 Å². The maximum absolute atomic E-state index is 14.3. The maximum atomic E-state index is 14.3. The Morgan fingerprint density at radius 2 is 1.62 bits per heavy atom. The summed E-state index contributed by atoms with van der Waals surface area (Å²) in [6, 6.07) is 24.8. The standard InChI is InChI=1S/C34H32N6O6S/c1-2-39(21-31(42)43)30(41)20-40(47(45,46)29-10-4-6-23-8-5-17-37-32(23)29)26-15-16-27-25(18-26)7-3-9-28(27)34(44)38-19-22-11-13-24(14-12-22)33(35)36/h3-18H,2,19-21H2,1H3,(H3,35,36)(H,38,44)(H,42,43). The molecule has 2 amide bonds. The van der Waals surface area contributed by atoms with Crippen molar-refractivity contribution >= 4 is 61.0 Å². The highest BCUT2D eigenvalue weighted by Gasteiger charge is 2.31. The van der Waals surface area contributed by atoms with E-state index in [2.05, 4.69) is 10.3 Å². The van der Waals surface area contributed by atoms with Crippen molar-refractivity contribution < 1.29 is 27.9 Å². The van der Waals surface area contributed by atoms with Gasteiger partial charge in [0.2, 0.25) is 5.91 Å². The summed E-state index contributed by atoms with van der Waals surface area (Å²) in [6.07, 6.45) is 1.48. The second kappa shape index (κ2) is 13.7. The molecule has 4 aromatic carbocycles. The second-order valence-corrected chi connectivity index (χ2v) is 12.5. The summed E-state index contributed by atoms with van der Waals surface area (Å²) >= 11 is 0. The number of likely N-dealkylation sites (N-methyl/N-ethyl adjacent to an activating group) is 1. The van der Waals surface area contributed by atoms with Gasteiger partial charge < -0.3 is 21.1 Å². The molecule has 240 valence electrons. The number of sulfonamides is 1. The summed E-state index contributed by atoms with van der Waals surface area (Å²) in [5.41, 5.74) is 7.62. The van der Waals surface area contributed by atoms with E-state index in [1.54, 1.807) is 85.8 Å². The first-order valence-electron chi connectivity index (χ1n) is 14.6. The fraction of sp³-hybridized carbons (Fsp3) is 0.147. The number of carboxylic acids is 1. The number of rotatable bonds is 12. The Balaban J connectivity index is 1.51. The molecule has 0 aliphatic rings. The molecule has 0 atom stereocenters. The van der Waals surface area contributed by atoms with Gasteiger partial charge in [0.25, 0.3) is 15.9 Å². The number of nitrogens with two attached hydrogens (primary N) is 1. The predicted molar refractivity (Wildman–Crippen MR) is 179 cm³/mol. The third kappa shape index (κ3) is 7.05. The molecule has 5 N–H and O–H groups in total. The fourth-order valence-corrected chi connectivity index (χ4v) is 6.76. The lowest BCUT2D eigenvalue weighted by molar-refractivity contribution is -0.143. The second-order valence-electron chi connectivity index (χ2n) is 10.6. The number of hydrogen-bond donors (Lipinski definition) is 4. The van der Waals surface area contributed by atoms with Gasteiger partial charge in [-0.2, -0.15) is 0 Å². The number of amides is 2. The van der Waals surface area contributed by atoms with Crippen molar-refractivity contribution in [3.05, 3.63) is 114 Å². The smallest absolute Gasteiger partial charge is 0.323 e. The average molecular weight is 653 g/mol. The molecule has 0 bridgehead atoms. The van der Waals surface area contributed by atoms with Gasteiger partial charge in [0.1, 0.15) is 23.8 Å². The van der Waals surface area contributed by atoms with Gasteiger partial charge >= 0.3 is 5.97 Å². The SMILES string of the molecule is CCN(CC(=O)O)C(=O)CN(c1ccc2c(C(=O)NCc3ccc(C(=N)N)cc3)cccc2c1)S(=O)(=O)c1cccc2cccnc12. The van der Waals surface area contributed by atoms with Crippen molar-refractivity contribution in [1.29, 1.82) is 5.41 Å². The Labute approximate surface area is 271 Å². The molecule has 12 nitrogen and oxygen atoms in total. The molecule has 13 heteroatoms. The molecule has 1 heterocycles. The summed E-state index contributed by atoms with van der Waals surface area (Å²) < 4.78 is 29.6. The quantitative estimate of drug-likeness (QED) is 0.116. The largest absolute Gasteiger partial charge is 0.480 e. The van der Waals surface area contributed by atoms with Crippen molar-refractivity contribution in [2.75, 3.05) is 23.9 Å². The number of fused-ring (bicyclic) bond motifs is 2. The Morgan fingerprint density at radius 1 is 0.915 bits per heavy atom. The minimum absolute atomic E-state index is 0.0526. The first-order chi connectivity index (χ1) is 22.5. The molecule has 0 aliphatic heterocycles. The number of nitrogens with one attached hydrogen (secondary N) is 2. The highest BCUT2D eigenvalue weighted by Crippen LogP contribution is 2.31. The molecule has 47 heavy (non-hydrogen) atoms. The first-order valence-corrected chi connectivity index (χ1v) is 16.0. The number of hydrogen-bond acceptors (Lipinski definition) is 7. The van der Waals surface area contributed by atoms with Gasteiger partial charge in [0.15, 0.2) is 0 Å². The molecule has 1 aromatic heterocycles. The number of aromatic nitrogens is 1. The average Bonchev–Trinajstić information content (AvgIpc) is 3.07. The van der Waals surface area contributed by atoms with Gasteiger partial charge in [-0.1, -0.05) is 60.7 Å². The van der Waals surface area contributed by atoms with Crippen LogP contribution in [0.1, 0.15) is 28.4 Å². The topological polar surface area (TPSA) is 187 Å². The van der Waals surface area contributed by atoms with Crippen LogP contribution in [0, 0.1) is 5.41 Å². The Bertz CT molecular complexity index is 2110. The Kier molecular flexibility index (Phi) is 9.47. The van der Waals surface area contributed by atoms with E-state index in [-0.39, 0.29) is 40.9 Å². The van der Waals surface area contributed by atoms with Crippen LogP contribution in [0.2, 0.25) is 0 Å². The third-order valence-corrected chi connectivity index (χ3v) is 9.42. The van der Waals surface area contributed by atoms with E-state index >= 15 is 0 Å². The number of anilines is 1. The summed E-state index contributed by atoms with van der Waals surface area (Å²) in [4.78, 5) is 43.3. The normalized spacial score (nSPS) is 11.3. The van der Waals surface area contributed by atoms with E-state index in [9.17, 15) is 27.9 Å². The number of nitrogens with zero attached hydrogens (tertiary/aromatic N) is 3. The summed E-state index contributed by atoms with van der Waals surface area (Å²) in [5, 5.41) is 21.4. The number of aliphatic carboxylic acids is 1. The molecular formula is C34H32N6O6S. The van der Waals surface area contributed by atoms with Crippen LogP contribution in [0.5, 0.6) is 0 Å². The molecule has 0 saturated carbocycles. The minimum atomic E-state index is -4.41. The van der Waals surface area contributed by atoms with Crippen molar-refractivity contribution in [3.8, 4) is 0 Å². The highest BCUT2D eigenvalue weighted by molar-refractivity contribution is 7.93. The summed E-state index contributed by atoms with van der Waals surface area (Å²) in [5.74, 6) is -2.33. The lowest BCUT2D eigenvalue weighted by Gasteiger charge is -2.28. The van der Waals surface area contributed by atoms with Crippen LogP contribution in [-0.2, 0) is 26.2 Å². The molecule has 0 radical (unpaired) electrons. The maximum Gasteiger partial charge on any atom is 0.323 e. The van der Waals surface area contributed by atoms with Crippen LogP contribution in [0.15, 0.2) is 102 Å². The number of amidine groups is 1. The Morgan fingerprint density at radius 3 is 2.32 bits per heavy atom. The zero-order valence-electron chi connectivity index (χ0n) is 25.4. The lowest BCUT2D eigenvalue weighted by Crippen LogP contribution is -2.44. The summed E-state index contributed by atoms with van der Waals surface area (Å²) in [7, 11) is -4.41. The number of benzene rings is 4. The van der Waals surface area contributed by atoms with Gasteiger partial charge in [-0.05, 0) is 53.6 Å². The molecule has 0 fully saturated rings. The van der Waals surface area contributed by atoms with E-state index in [4.69, 9.17) is 11.1 Å². The van der Waals surface area contributed by atoms with Gasteiger partial charge in [0.05, 0.1) is 11.2 Å². The van der Waals surface area contributed by atoms with Crippen LogP contribution in [-0.4, -0.2) is 66.7 Å². The van der Waals surface area contributed by atoms with Gasteiger partial charge in [-0.15, -0.1) is 0 Å². The molecule has 5 rings (SSSR count). The zero-order chi connectivity index (χ0) is 33.7. The van der Waals surface area contributed by atoms with E-state index in [0.29, 0.717) is 27.3 Å². The first kappa shape index (κ1) is 32.6. The van der Waals surface area contributed by atoms with Crippen LogP contribution in [0.25, 0.3) is 21.7 Å². The fourth-order valence-electron chi connectivity index (χ4n) is 5.18. The predicted octanol–water partition coefficient (Wildman–Crippen LogP) is 3.73. The van der Waals surface area contributed by atoms with Crippen molar-refractivity contribution in [1.82, 2.24) is 15.2 Å². The lowest BCUT2D eigenvalue weighted by atomic mass is 10.0. The van der Waals surface area contributed by atoms with Crippen molar-refractivity contribution in [2.45, 2.75) is 18.4 Å². The number of para-hydroxylation sites is 1. The molecule has 5 aromatic rings. The molecule has 0 saturated heterocycles. The third-order valence-electron chi connectivity index (χ3n) is 7.62. The number of carbonyl (C=O) groups excluding carboxylic acids is 2. The van der Waals surface area contributed by atoms with Gasteiger partial charge in [-0.25, -0.2) is 8.42 Å². The van der Waals surface area contributed by atoms with Crippen LogP contribution < -0.4 is 15.4 Å². The monoisotopic (exact) mass is 652 g/mol. The molecule has 0 spiro atoms.